The molecule has 5 nitrogen and oxygen atoms in total. The van der Waals surface area contributed by atoms with Gasteiger partial charge in [-0.2, -0.15) is 0 Å². The van der Waals surface area contributed by atoms with Crippen LogP contribution in [0.15, 0.2) is 36.4 Å². The first-order valence-corrected chi connectivity index (χ1v) is 9.95. The lowest BCUT2D eigenvalue weighted by molar-refractivity contribution is -0.121. The summed E-state index contributed by atoms with van der Waals surface area (Å²) in [6.07, 6.45) is 1.81. The number of methoxy groups -OCH3 is 2. The van der Waals surface area contributed by atoms with E-state index in [1.165, 1.54) is 7.11 Å². The monoisotopic (exact) mass is 422 g/mol. The molecule has 0 aliphatic carbocycles. The van der Waals surface area contributed by atoms with Crippen LogP contribution in [0.3, 0.4) is 0 Å². The van der Waals surface area contributed by atoms with E-state index in [1.54, 1.807) is 19.2 Å². The molecule has 2 aromatic rings. The topological polar surface area (TPSA) is 50.8 Å². The van der Waals surface area contributed by atoms with Crippen LogP contribution < -0.4 is 14.8 Å². The highest BCUT2D eigenvalue weighted by Crippen LogP contribution is 2.36. The molecule has 1 atom stereocenters. The van der Waals surface area contributed by atoms with E-state index in [9.17, 15) is 4.79 Å². The van der Waals surface area contributed by atoms with Crippen molar-refractivity contribution in [1.29, 1.82) is 0 Å². The summed E-state index contributed by atoms with van der Waals surface area (Å²) in [6, 6.07) is 11.1. The van der Waals surface area contributed by atoms with Crippen molar-refractivity contribution in [2.45, 2.75) is 19.4 Å². The number of piperidine rings is 1. The minimum Gasteiger partial charge on any atom is -0.495 e. The number of hydrogen-bond acceptors (Lipinski definition) is 4. The summed E-state index contributed by atoms with van der Waals surface area (Å²) in [5.74, 6) is 0.846. The van der Waals surface area contributed by atoms with Crippen LogP contribution in [0.2, 0.25) is 10.0 Å². The molecule has 0 saturated carbocycles. The Balaban J connectivity index is 1.68. The molecule has 1 aliphatic rings. The number of benzene rings is 2. The second kappa shape index (κ2) is 9.50. The molecular formula is C21H24Cl2N2O3. The molecule has 0 spiro atoms. The Kier molecular flexibility index (Phi) is 7.05. The SMILES string of the molecule is COc1cc(NC(=O)[C@H]2CCCN(Cc3ccccc3Cl)C2)c(OC)cc1Cl. The van der Waals surface area contributed by atoms with Gasteiger partial charge in [0, 0.05) is 30.2 Å². The van der Waals surface area contributed by atoms with Crippen LogP contribution in [-0.4, -0.2) is 38.1 Å². The number of anilines is 1. The van der Waals surface area contributed by atoms with Gasteiger partial charge in [0.05, 0.1) is 30.8 Å². The third-order valence-corrected chi connectivity index (χ3v) is 5.62. The summed E-state index contributed by atoms with van der Waals surface area (Å²) in [5.41, 5.74) is 1.63. The number of amides is 1. The van der Waals surface area contributed by atoms with E-state index in [0.717, 1.165) is 36.5 Å². The molecule has 1 N–H and O–H groups in total. The molecule has 1 aliphatic heterocycles. The van der Waals surface area contributed by atoms with Gasteiger partial charge in [-0.25, -0.2) is 0 Å². The molecule has 0 radical (unpaired) electrons. The normalized spacial score (nSPS) is 17.2. The number of carbonyl (C=O) groups is 1. The van der Waals surface area contributed by atoms with E-state index in [1.807, 2.05) is 24.3 Å². The van der Waals surface area contributed by atoms with Gasteiger partial charge in [0.2, 0.25) is 5.91 Å². The van der Waals surface area contributed by atoms with Gasteiger partial charge in [-0.05, 0) is 31.0 Å². The minimum atomic E-state index is -0.109. The summed E-state index contributed by atoms with van der Waals surface area (Å²) in [4.78, 5) is 15.2. The average molecular weight is 423 g/mol. The maximum atomic E-state index is 12.9. The summed E-state index contributed by atoms with van der Waals surface area (Å²) in [5, 5.41) is 4.16. The van der Waals surface area contributed by atoms with Crippen molar-refractivity contribution >= 4 is 34.8 Å². The fraction of sp³-hybridized carbons (Fsp3) is 0.381. The highest BCUT2D eigenvalue weighted by Gasteiger charge is 2.27. The Morgan fingerprint density at radius 3 is 2.61 bits per heavy atom. The second-order valence-corrected chi connectivity index (χ2v) is 7.66. The van der Waals surface area contributed by atoms with Gasteiger partial charge >= 0.3 is 0 Å². The zero-order chi connectivity index (χ0) is 20.1. The smallest absolute Gasteiger partial charge is 0.228 e. The number of nitrogens with zero attached hydrogens (tertiary/aromatic N) is 1. The molecule has 1 fully saturated rings. The van der Waals surface area contributed by atoms with Crippen molar-refractivity contribution in [3.63, 3.8) is 0 Å². The maximum Gasteiger partial charge on any atom is 0.228 e. The number of rotatable bonds is 6. The highest BCUT2D eigenvalue weighted by atomic mass is 35.5. The van der Waals surface area contributed by atoms with Gasteiger partial charge in [0.1, 0.15) is 11.5 Å². The lowest BCUT2D eigenvalue weighted by atomic mass is 9.96. The van der Waals surface area contributed by atoms with Crippen molar-refractivity contribution in [2.75, 3.05) is 32.6 Å². The maximum absolute atomic E-state index is 12.9. The first kappa shape index (κ1) is 20.8. The van der Waals surface area contributed by atoms with Gasteiger partial charge in [-0.15, -0.1) is 0 Å². The average Bonchev–Trinajstić information content (AvgIpc) is 2.71. The summed E-state index contributed by atoms with van der Waals surface area (Å²) in [7, 11) is 3.08. The highest BCUT2D eigenvalue weighted by molar-refractivity contribution is 6.32. The summed E-state index contributed by atoms with van der Waals surface area (Å²) in [6.45, 7) is 2.37. The first-order valence-electron chi connectivity index (χ1n) is 9.20. The molecule has 1 heterocycles. The number of hydrogen-bond donors (Lipinski definition) is 1. The number of likely N-dealkylation sites (tertiary alicyclic amines) is 1. The predicted molar refractivity (Wildman–Crippen MR) is 113 cm³/mol. The van der Waals surface area contributed by atoms with Crippen LogP contribution in [0.5, 0.6) is 11.5 Å². The molecule has 1 saturated heterocycles. The molecule has 0 unspecified atom stereocenters. The Bertz CT molecular complexity index is 844. The van der Waals surface area contributed by atoms with Gasteiger partial charge in [-0.1, -0.05) is 41.4 Å². The van der Waals surface area contributed by atoms with E-state index in [2.05, 4.69) is 10.2 Å². The van der Waals surface area contributed by atoms with Gasteiger partial charge in [0.25, 0.3) is 0 Å². The lowest BCUT2D eigenvalue weighted by Gasteiger charge is -2.32. The van der Waals surface area contributed by atoms with E-state index < -0.39 is 0 Å². The Hall–Kier alpha value is -1.95. The van der Waals surface area contributed by atoms with Crippen LogP contribution in [-0.2, 0) is 11.3 Å². The number of carbonyl (C=O) groups excluding carboxylic acids is 1. The van der Waals surface area contributed by atoms with Crippen LogP contribution in [0, 0.1) is 5.92 Å². The molecule has 0 aromatic heterocycles. The minimum absolute atomic E-state index is 0.0356. The Morgan fingerprint density at radius 1 is 1.14 bits per heavy atom. The Morgan fingerprint density at radius 2 is 1.89 bits per heavy atom. The van der Waals surface area contributed by atoms with Crippen molar-refractivity contribution < 1.29 is 14.3 Å². The zero-order valence-electron chi connectivity index (χ0n) is 16.0. The van der Waals surface area contributed by atoms with Crippen molar-refractivity contribution in [2.24, 2.45) is 5.92 Å². The van der Waals surface area contributed by atoms with Gasteiger partial charge in [0.15, 0.2) is 0 Å². The van der Waals surface area contributed by atoms with Crippen molar-refractivity contribution in [3.05, 3.63) is 52.0 Å². The molecule has 0 bridgehead atoms. The Labute approximate surface area is 175 Å². The van der Waals surface area contributed by atoms with Gasteiger partial charge in [-0.3, -0.25) is 9.69 Å². The quantitative estimate of drug-likeness (QED) is 0.721. The van der Waals surface area contributed by atoms with E-state index >= 15 is 0 Å². The fourth-order valence-corrected chi connectivity index (χ4v) is 3.90. The second-order valence-electron chi connectivity index (χ2n) is 6.84. The largest absolute Gasteiger partial charge is 0.495 e. The standard InChI is InChI=1S/C21H24Cl2N2O3/c1-27-19-11-18(20(28-2)10-17(19)23)24-21(26)15-7-5-9-25(13-15)12-14-6-3-4-8-16(14)22/h3-4,6,8,10-11,15H,5,7,9,12-13H2,1-2H3,(H,24,26)/t15-/m0/s1. The predicted octanol–water partition coefficient (Wildman–Crippen LogP) is 4.86. The van der Waals surface area contributed by atoms with Gasteiger partial charge < -0.3 is 14.8 Å². The van der Waals surface area contributed by atoms with Crippen LogP contribution in [0.25, 0.3) is 0 Å². The molecule has 1 amide bonds. The van der Waals surface area contributed by atoms with Crippen molar-refractivity contribution in [3.8, 4) is 11.5 Å². The lowest BCUT2D eigenvalue weighted by Crippen LogP contribution is -2.40. The number of halogens is 2. The van der Waals surface area contributed by atoms with E-state index in [-0.39, 0.29) is 11.8 Å². The number of ether oxygens (including phenoxy) is 2. The number of nitrogens with one attached hydrogen (secondary N) is 1. The summed E-state index contributed by atoms with van der Waals surface area (Å²) >= 11 is 12.4. The fourth-order valence-electron chi connectivity index (χ4n) is 3.47. The third kappa shape index (κ3) is 4.90. The van der Waals surface area contributed by atoms with E-state index in [4.69, 9.17) is 32.7 Å². The third-order valence-electron chi connectivity index (χ3n) is 4.96. The van der Waals surface area contributed by atoms with Crippen LogP contribution in [0.4, 0.5) is 5.69 Å². The molecule has 28 heavy (non-hydrogen) atoms. The van der Waals surface area contributed by atoms with Crippen LogP contribution in [0.1, 0.15) is 18.4 Å². The molecule has 7 heteroatoms. The molecular weight excluding hydrogens is 399 g/mol. The zero-order valence-corrected chi connectivity index (χ0v) is 17.5. The molecule has 3 rings (SSSR count). The van der Waals surface area contributed by atoms with Crippen LogP contribution >= 0.6 is 23.2 Å². The van der Waals surface area contributed by atoms with E-state index in [0.29, 0.717) is 28.8 Å². The molecule has 150 valence electrons. The van der Waals surface area contributed by atoms with Crippen molar-refractivity contribution in [1.82, 2.24) is 4.90 Å². The molecule has 2 aromatic carbocycles. The first-order chi connectivity index (χ1) is 13.5. The summed E-state index contributed by atoms with van der Waals surface area (Å²) < 4.78 is 10.6.